The summed E-state index contributed by atoms with van der Waals surface area (Å²) >= 11 is 5.19. The van der Waals surface area contributed by atoms with Gasteiger partial charge in [0.2, 0.25) is 5.75 Å². The number of carbonyl (C=O) groups is 1. The molecule has 0 aliphatic heterocycles. The summed E-state index contributed by atoms with van der Waals surface area (Å²) in [5.41, 5.74) is -0.258. The van der Waals surface area contributed by atoms with Crippen LogP contribution in [0.3, 0.4) is 0 Å². The number of halogens is 1. The molecule has 14 heavy (non-hydrogen) atoms. The maximum atomic E-state index is 10.8. The number of rotatable bonds is 3. The van der Waals surface area contributed by atoms with Gasteiger partial charge in [-0.05, 0) is 6.07 Å². The average molecular weight is 216 g/mol. The molecule has 0 atom stereocenters. The van der Waals surface area contributed by atoms with Crippen molar-refractivity contribution in [1.82, 2.24) is 0 Å². The number of nitrogens with zero attached hydrogens (tertiary/aromatic N) is 1. The molecule has 1 aromatic carbocycles. The molecule has 0 heterocycles. The highest BCUT2D eigenvalue weighted by Crippen LogP contribution is 2.25. The fraction of sp³-hybridized carbons (Fsp3) is 0.125. The van der Waals surface area contributed by atoms with Crippen LogP contribution in [0.1, 0.15) is 0 Å². The van der Waals surface area contributed by atoms with Gasteiger partial charge in [0.25, 0.3) is 0 Å². The Morgan fingerprint density at radius 3 is 2.71 bits per heavy atom. The number of benzene rings is 1. The molecule has 5 nitrogen and oxygen atoms in total. The fourth-order valence-corrected chi connectivity index (χ4v) is 0.899. The second kappa shape index (κ2) is 4.57. The first-order valence-corrected chi connectivity index (χ1v) is 4.18. The third-order valence-corrected chi connectivity index (χ3v) is 1.61. The summed E-state index contributed by atoms with van der Waals surface area (Å²) in [6, 6.07) is 5.60. The maximum absolute atomic E-state index is 10.8. The lowest BCUT2D eigenvalue weighted by molar-refractivity contribution is -0.385. The van der Waals surface area contributed by atoms with Crippen molar-refractivity contribution < 1.29 is 14.5 Å². The molecule has 0 aliphatic carbocycles. The molecule has 0 fully saturated rings. The smallest absolute Gasteiger partial charge is 0.326 e. The van der Waals surface area contributed by atoms with E-state index >= 15 is 0 Å². The zero-order valence-corrected chi connectivity index (χ0v) is 7.73. The number of nitro groups is 1. The van der Waals surface area contributed by atoms with E-state index in [1.807, 2.05) is 0 Å². The van der Waals surface area contributed by atoms with Crippen LogP contribution in [0.25, 0.3) is 0 Å². The van der Waals surface area contributed by atoms with Crippen LogP contribution in [0.15, 0.2) is 24.3 Å². The molecule has 0 amide bonds. The SMILES string of the molecule is O=C(CCl)Oc1ccccc1[N+](=O)[O-]. The molecule has 1 rings (SSSR count). The third-order valence-electron chi connectivity index (χ3n) is 1.39. The van der Waals surface area contributed by atoms with E-state index in [-0.39, 0.29) is 17.3 Å². The van der Waals surface area contributed by atoms with Gasteiger partial charge in [0, 0.05) is 6.07 Å². The van der Waals surface area contributed by atoms with E-state index in [9.17, 15) is 14.9 Å². The first kappa shape index (κ1) is 10.5. The van der Waals surface area contributed by atoms with Crippen LogP contribution in [-0.4, -0.2) is 16.8 Å². The number of hydrogen-bond donors (Lipinski definition) is 0. The number of para-hydroxylation sites is 2. The van der Waals surface area contributed by atoms with Gasteiger partial charge in [-0.1, -0.05) is 12.1 Å². The minimum absolute atomic E-state index is 0.0943. The standard InChI is InChI=1S/C8H6ClNO4/c9-5-8(11)14-7-4-2-1-3-6(7)10(12)13/h1-4H,5H2. The number of alkyl halides is 1. The third kappa shape index (κ3) is 2.43. The molecule has 0 aliphatic rings. The highest BCUT2D eigenvalue weighted by molar-refractivity contribution is 6.26. The summed E-state index contributed by atoms with van der Waals surface area (Å²) in [6.45, 7) is 0. The highest BCUT2D eigenvalue weighted by atomic mass is 35.5. The quantitative estimate of drug-likeness (QED) is 0.253. The molecule has 0 radical (unpaired) electrons. The van der Waals surface area contributed by atoms with Crippen LogP contribution in [0.5, 0.6) is 5.75 Å². The Hall–Kier alpha value is -1.62. The summed E-state index contributed by atoms with van der Waals surface area (Å²) in [4.78, 5) is 20.6. The Balaban J connectivity index is 2.95. The van der Waals surface area contributed by atoms with Crippen LogP contribution in [0.4, 0.5) is 5.69 Å². The van der Waals surface area contributed by atoms with Crippen molar-refractivity contribution >= 4 is 23.3 Å². The number of carbonyl (C=O) groups excluding carboxylic acids is 1. The van der Waals surface area contributed by atoms with Crippen molar-refractivity contribution in [3.8, 4) is 5.75 Å². The van der Waals surface area contributed by atoms with Crippen molar-refractivity contribution in [2.24, 2.45) is 0 Å². The molecule has 6 heteroatoms. The van der Waals surface area contributed by atoms with E-state index in [1.54, 1.807) is 0 Å². The van der Waals surface area contributed by atoms with Gasteiger partial charge in [0.05, 0.1) is 4.92 Å². The van der Waals surface area contributed by atoms with Crippen molar-refractivity contribution in [3.05, 3.63) is 34.4 Å². The summed E-state index contributed by atoms with van der Waals surface area (Å²) in [7, 11) is 0. The zero-order valence-electron chi connectivity index (χ0n) is 6.97. The molecule has 74 valence electrons. The number of hydrogen-bond acceptors (Lipinski definition) is 4. The van der Waals surface area contributed by atoms with Gasteiger partial charge in [-0.25, -0.2) is 0 Å². The highest BCUT2D eigenvalue weighted by Gasteiger charge is 2.15. The monoisotopic (exact) mass is 215 g/mol. The Bertz CT molecular complexity index is 366. The van der Waals surface area contributed by atoms with Gasteiger partial charge in [-0.15, -0.1) is 11.6 Å². The molecular formula is C8H6ClNO4. The molecule has 0 spiro atoms. The van der Waals surface area contributed by atoms with E-state index in [1.165, 1.54) is 24.3 Å². The van der Waals surface area contributed by atoms with E-state index in [0.717, 1.165) is 0 Å². The minimum atomic E-state index is -0.721. The molecule has 1 aromatic rings. The van der Waals surface area contributed by atoms with Crippen LogP contribution in [-0.2, 0) is 4.79 Å². The van der Waals surface area contributed by atoms with Crippen molar-refractivity contribution in [1.29, 1.82) is 0 Å². The van der Waals surface area contributed by atoms with Gasteiger partial charge in [0.1, 0.15) is 5.88 Å². The first-order valence-electron chi connectivity index (χ1n) is 3.65. The minimum Gasteiger partial charge on any atom is -0.418 e. The average Bonchev–Trinajstić information content (AvgIpc) is 2.18. The Labute approximate surface area is 84.4 Å². The lowest BCUT2D eigenvalue weighted by atomic mass is 10.3. The number of ether oxygens (including phenoxy) is 1. The topological polar surface area (TPSA) is 69.4 Å². The van der Waals surface area contributed by atoms with Gasteiger partial charge in [-0.2, -0.15) is 0 Å². The maximum Gasteiger partial charge on any atom is 0.326 e. The van der Waals surface area contributed by atoms with Crippen LogP contribution >= 0.6 is 11.6 Å². The predicted molar refractivity (Wildman–Crippen MR) is 49.5 cm³/mol. The molecule has 0 aromatic heterocycles. The predicted octanol–water partition coefficient (Wildman–Crippen LogP) is 1.74. The van der Waals surface area contributed by atoms with Crippen molar-refractivity contribution in [2.75, 3.05) is 5.88 Å². The summed E-state index contributed by atoms with van der Waals surface area (Å²) in [5, 5.41) is 10.5. The number of esters is 1. The Morgan fingerprint density at radius 1 is 1.50 bits per heavy atom. The van der Waals surface area contributed by atoms with Crippen LogP contribution in [0.2, 0.25) is 0 Å². The Morgan fingerprint density at radius 2 is 2.14 bits per heavy atom. The molecule has 0 bridgehead atoms. The molecular weight excluding hydrogens is 210 g/mol. The molecule has 0 N–H and O–H groups in total. The Kier molecular flexibility index (Phi) is 3.41. The zero-order chi connectivity index (χ0) is 10.6. The van der Waals surface area contributed by atoms with E-state index in [2.05, 4.69) is 4.74 Å². The second-order valence-electron chi connectivity index (χ2n) is 2.33. The van der Waals surface area contributed by atoms with Crippen LogP contribution in [0, 0.1) is 10.1 Å². The van der Waals surface area contributed by atoms with Crippen LogP contribution < -0.4 is 4.74 Å². The van der Waals surface area contributed by atoms with E-state index in [4.69, 9.17) is 11.6 Å². The van der Waals surface area contributed by atoms with Gasteiger partial charge in [-0.3, -0.25) is 14.9 Å². The van der Waals surface area contributed by atoms with E-state index in [0.29, 0.717) is 0 Å². The van der Waals surface area contributed by atoms with Crippen molar-refractivity contribution in [2.45, 2.75) is 0 Å². The first-order chi connectivity index (χ1) is 6.65. The fourth-order valence-electron chi connectivity index (χ4n) is 0.844. The second-order valence-corrected chi connectivity index (χ2v) is 2.60. The molecule has 0 saturated heterocycles. The lowest BCUT2D eigenvalue weighted by Crippen LogP contribution is -2.10. The molecule has 0 saturated carbocycles. The summed E-state index contributed by atoms with van der Waals surface area (Å²) in [6.07, 6.45) is 0. The van der Waals surface area contributed by atoms with Crippen molar-refractivity contribution in [3.63, 3.8) is 0 Å². The number of nitro benzene ring substituents is 1. The summed E-state index contributed by atoms with van der Waals surface area (Å²) < 4.78 is 4.64. The lowest BCUT2D eigenvalue weighted by Gasteiger charge is -2.01. The molecule has 0 unspecified atom stereocenters. The normalized spacial score (nSPS) is 9.50. The van der Waals surface area contributed by atoms with Gasteiger partial charge >= 0.3 is 11.7 Å². The van der Waals surface area contributed by atoms with E-state index < -0.39 is 10.9 Å². The van der Waals surface area contributed by atoms with Gasteiger partial charge in [0.15, 0.2) is 0 Å². The largest absolute Gasteiger partial charge is 0.418 e. The van der Waals surface area contributed by atoms with Gasteiger partial charge < -0.3 is 4.74 Å². The summed E-state index contributed by atoms with van der Waals surface area (Å²) in [5.74, 6) is -1.16.